The number of carboxylic acids is 1. The van der Waals surface area contributed by atoms with E-state index >= 15 is 4.39 Å². The minimum Gasteiger partial charge on any atom is -0.487 e. The topological polar surface area (TPSA) is 154 Å². The van der Waals surface area contributed by atoms with Gasteiger partial charge in [-0.25, -0.2) is 18.4 Å². The van der Waals surface area contributed by atoms with Crippen molar-refractivity contribution in [3.8, 4) is 11.5 Å². The number of carbonyl (C=O) groups excluding carboxylic acids is 2. The van der Waals surface area contributed by atoms with E-state index in [-0.39, 0.29) is 66.3 Å². The van der Waals surface area contributed by atoms with Crippen molar-refractivity contribution >= 4 is 40.1 Å². The lowest BCUT2D eigenvalue weighted by Gasteiger charge is -2.42. The summed E-state index contributed by atoms with van der Waals surface area (Å²) in [7, 11) is 0. The molecule has 2 saturated heterocycles. The Bertz CT molecular complexity index is 1720. The summed E-state index contributed by atoms with van der Waals surface area (Å²) >= 11 is 0. The second kappa shape index (κ2) is 9.98. The molecule has 12 nitrogen and oxygen atoms in total. The Morgan fingerprint density at radius 3 is 2.55 bits per heavy atom. The van der Waals surface area contributed by atoms with Gasteiger partial charge in [0.05, 0.1) is 42.3 Å². The lowest BCUT2D eigenvalue weighted by atomic mass is 10.0. The number of ether oxygens (including phenoxy) is 3. The Morgan fingerprint density at radius 1 is 1.14 bits per heavy atom. The van der Waals surface area contributed by atoms with E-state index in [1.54, 1.807) is 16.4 Å². The van der Waals surface area contributed by atoms with Crippen LogP contribution in [0.3, 0.4) is 0 Å². The van der Waals surface area contributed by atoms with Crippen LogP contribution in [0.2, 0.25) is 0 Å². The molecule has 14 heteroatoms. The molecule has 0 saturated carbocycles. The number of anilines is 2. The lowest BCUT2D eigenvalue weighted by Crippen LogP contribution is -2.54. The van der Waals surface area contributed by atoms with E-state index in [0.717, 1.165) is 12.1 Å². The van der Waals surface area contributed by atoms with Crippen molar-refractivity contribution in [2.24, 2.45) is 5.73 Å². The molecule has 4 heterocycles. The van der Waals surface area contributed by atoms with Gasteiger partial charge in [0, 0.05) is 12.3 Å². The summed E-state index contributed by atoms with van der Waals surface area (Å²) in [6, 6.07) is 3.69. The lowest BCUT2D eigenvalue weighted by molar-refractivity contribution is -0.120. The molecule has 0 radical (unpaired) electrons. The maximum absolute atomic E-state index is 15.4. The van der Waals surface area contributed by atoms with E-state index in [2.05, 4.69) is 0 Å². The Hall–Kier alpha value is -4.72. The van der Waals surface area contributed by atoms with Crippen LogP contribution in [0, 0.1) is 11.6 Å². The van der Waals surface area contributed by atoms with Gasteiger partial charge in [-0.3, -0.25) is 14.5 Å². The molecule has 220 valence electrons. The Balaban J connectivity index is 1.20. The standard InChI is InChI=1S/C28H26F2N4O8/c1-12-11-40-26-23-16(25(36)17(27(37)38)9-33(12)23)6-19(30)24(26)32-7-15(8-32)41-20-4-3-14(5-18(20)29)34-10-21(42-28(34)39)22(31)13(2)35/h3-6,9,12,15,21-22H,7-8,10-11,31H2,1-2H3,(H,37,38). The van der Waals surface area contributed by atoms with Crippen LogP contribution in [-0.2, 0) is 9.53 Å². The number of Topliss-reactive ketones (excluding diaryl/α,β-unsaturated/α-hetero) is 1. The third-order valence-corrected chi connectivity index (χ3v) is 7.76. The SMILES string of the molecule is CC(=O)C(N)C1CN(c2ccc(OC3CN(c4c(F)cc5c(=O)c(C(=O)O)cn6c5c4OCC6C)C3)c(F)c2)C(=O)O1. The molecular formula is C28H26F2N4O8. The van der Waals surface area contributed by atoms with E-state index in [0.29, 0.717) is 5.52 Å². The van der Waals surface area contributed by atoms with Crippen molar-refractivity contribution < 1.29 is 42.5 Å². The number of amides is 1. The normalized spacial score (nSPS) is 20.6. The number of hydrogen-bond acceptors (Lipinski definition) is 9. The highest BCUT2D eigenvalue weighted by atomic mass is 19.1. The first-order chi connectivity index (χ1) is 19.9. The second-order valence-corrected chi connectivity index (χ2v) is 10.6. The highest BCUT2D eigenvalue weighted by Crippen LogP contribution is 2.43. The fourth-order valence-electron chi connectivity index (χ4n) is 5.43. The van der Waals surface area contributed by atoms with Crippen LogP contribution < -0.4 is 30.4 Å². The summed E-state index contributed by atoms with van der Waals surface area (Å²) in [5.41, 5.74) is 5.14. The Labute approximate surface area is 236 Å². The van der Waals surface area contributed by atoms with Gasteiger partial charge in [0.15, 0.2) is 23.1 Å². The monoisotopic (exact) mass is 584 g/mol. The molecular weight excluding hydrogens is 558 g/mol. The minimum absolute atomic E-state index is 0.0111. The molecule has 3 aromatic rings. The summed E-state index contributed by atoms with van der Waals surface area (Å²) in [6.45, 7) is 3.56. The molecule has 1 amide bonds. The summed E-state index contributed by atoms with van der Waals surface area (Å²) in [4.78, 5) is 51.0. The van der Waals surface area contributed by atoms with Gasteiger partial charge in [-0.05, 0) is 32.0 Å². The molecule has 3 aliphatic rings. The second-order valence-electron chi connectivity index (χ2n) is 10.6. The van der Waals surface area contributed by atoms with E-state index < -0.39 is 52.9 Å². The first-order valence-electron chi connectivity index (χ1n) is 13.2. The van der Waals surface area contributed by atoms with Gasteiger partial charge in [0.2, 0.25) is 5.43 Å². The van der Waals surface area contributed by atoms with E-state index in [9.17, 15) is 28.7 Å². The van der Waals surface area contributed by atoms with Gasteiger partial charge in [-0.2, -0.15) is 0 Å². The van der Waals surface area contributed by atoms with Crippen molar-refractivity contribution in [3.05, 3.63) is 57.9 Å². The highest BCUT2D eigenvalue weighted by Gasteiger charge is 2.39. The van der Waals surface area contributed by atoms with Gasteiger partial charge in [0.25, 0.3) is 0 Å². The number of cyclic esters (lactones) is 1. The predicted octanol–water partition coefficient (Wildman–Crippen LogP) is 2.44. The summed E-state index contributed by atoms with van der Waals surface area (Å²) in [5, 5.41) is 9.36. The molecule has 2 fully saturated rings. The third-order valence-electron chi connectivity index (χ3n) is 7.76. The number of pyridine rings is 1. The number of nitrogens with zero attached hydrogens (tertiary/aromatic N) is 3. The van der Waals surface area contributed by atoms with Crippen molar-refractivity contribution in [1.82, 2.24) is 4.57 Å². The summed E-state index contributed by atoms with van der Waals surface area (Å²) in [6.07, 6.45) is -0.861. The Morgan fingerprint density at radius 2 is 1.88 bits per heavy atom. The van der Waals surface area contributed by atoms with E-state index in [4.69, 9.17) is 19.9 Å². The molecule has 2 aromatic carbocycles. The molecule has 0 spiro atoms. The van der Waals surface area contributed by atoms with Gasteiger partial charge < -0.3 is 34.5 Å². The average molecular weight is 585 g/mol. The number of benzene rings is 2. The maximum Gasteiger partial charge on any atom is 0.414 e. The quantitative estimate of drug-likeness (QED) is 0.423. The zero-order valence-corrected chi connectivity index (χ0v) is 22.5. The molecule has 42 heavy (non-hydrogen) atoms. The van der Waals surface area contributed by atoms with Crippen LogP contribution in [0.5, 0.6) is 11.5 Å². The molecule has 3 unspecified atom stereocenters. The first kappa shape index (κ1) is 27.4. The number of hydrogen-bond donors (Lipinski definition) is 2. The third kappa shape index (κ3) is 4.38. The number of nitrogens with two attached hydrogens (primary N) is 1. The van der Waals surface area contributed by atoms with Gasteiger partial charge in [-0.1, -0.05) is 0 Å². The fourth-order valence-corrected chi connectivity index (χ4v) is 5.43. The van der Waals surface area contributed by atoms with Gasteiger partial charge in [0.1, 0.15) is 41.9 Å². The molecule has 3 N–H and O–H groups in total. The van der Waals surface area contributed by atoms with E-state index in [1.807, 2.05) is 0 Å². The molecule has 3 atom stereocenters. The van der Waals surface area contributed by atoms with Crippen LogP contribution >= 0.6 is 0 Å². The van der Waals surface area contributed by atoms with Crippen LogP contribution in [0.4, 0.5) is 25.0 Å². The van der Waals surface area contributed by atoms with Crippen LogP contribution in [-0.4, -0.2) is 72.0 Å². The fraction of sp³-hybridized carbons (Fsp3) is 0.357. The number of carbonyl (C=O) groups is 3. The minimum atomic E-state index is -1.40. The smallest absolute Gasteiger partial charge is 0.414 e. The van der Waals surface area contributed by atoms with Crippen molar-refractivity contribution in [2.75, 3.05) is 36.0 Å². The maximum atomic E-state index is 15.4. The number of halogens is 2. The van der Waals surface area contributed by atoms with Crippen molar-refractivity contribution in [1.29, 1.82) is 0 Å². The van der Waals surface area contributed by atoms with Gasteiger partial charge in [-0.15, -0.1) is 0 Å². The predicted molar refractivity (Wildman–Crippen MR) is 145 cm³/mol. The molecule has 0 bridgehead atoms. The van der Waals surface area contributed by atoms with Crippen LogP contribution in [0.25, 0.3) is 10.9 Å². The van der Waals surface area contributed by atoms with Gasteiger partial charge >= 0.3 is 12.1 Å². The number of rotatable bonds is 7. The summed E-state index contributed by atoms with van der Waals surface area (Å²) in [5.74, 6) is -3.18. The first-order valence-corrected chi connectivity index (χ1v) is 13.2. The van der Waals surface area contributed by atoms with Crippen molar-refractivity contribution in [2.45, 2.75) is 38.1 Å². The zero-order valence-electron chi connectivity index (χ0n) is 22.5. The number of aromatic carboxylic acids is 1. The largest absolute Gasteiger partial charge is 0.487 e. The number of aromatic nitrogens is 1. The molecule has 3 aliphatic heterocycles. The zero-order chi connectivity index (χ0) is 30.0. The van der Waals surface area contributed by atoms with Crippen LogP contribution in [0.1, 0.15) is 30.2 Å². The number of carboxylic acid groups (broad SMARTS) is 1. The summed E-state index contributed by atoms with van der Waals surface area (Å²) < 4.78 is 48.8. The average Bonchev–Trinajstić information content (AvgIpc) is 3.31. The van der Waals surface area contributed by atoms with Crippen LogP contribution in [0.15, 0.2) is 35.3 Å². The Kier molecular flexibility index (Phi) is 6.52. The van der Waals surface area contributed by atoms with E-state index in [1.165, 1.54) is 30.2 Å². The highest BCUT2D eigenvalue weighted by molar-refractivity contribution is 5.97. The molecule has 6 rings (SSSR count). The molecule has 0 aliphatic carbocycles. The van der Waals surface area contributed by atoms with Crippen molar-refractivity contribution in [3.63, 3.8) is 0 Å². The molecule has 1 aromatic heterocycles. The number of ketones is 1.